The number of esters is 1. The van der Waals surface area contributed by atoms with Gasteiger partial charge >= 0.3 is 5.97 Å². The summed E-state index contributed by atoms with van der Waals surface area (Å²) in [7, 11) is 1.55. The van der Waals surface area contributed by atoms with E-state index in [1.54, 1.807) is 61.8 Å². The van der Waals surface area contributed by atoms with E-state index in [2.05, 4.69) is 10.3 Å². The van der Waals surface area contributed by atoms with Crippen molar-refractivity contribution >= 4 is 39.8 Å². The van der Waals surface area contributed by atoms with Gasteiger partial charge < -0.3 is 30.0 Å². The van der Waals surface area contributed by atoms with E-state index >= 15 is 0 Å². The maximum absolute atomic E-state index is 12.3. The normalized spacial score (nSPS) is 14.1. The van der Waals surface area contributed by atoms with Gasteiger partial charge in [-0.25, -0.2) is 0 Å². The zero-order valence-electron chi connectivity index (χ0n) is 22.1. The lowest BCUT2D eigenvalue weighted by Gasteiger charge is -2.17. The van der Waals surface area contributed by atoms with Gasteiger partial charge in [0, 0.05) is 29.8 Å². The third-order valence-electron chi connectivity index (χ3n) is 6.65. The first-order valence-corrected chi connectivity index (χ1v) is 14.1. The lowest BCUT2D eigenvalue weighted by Crippen LogP contribution is -2.35. The van der Waals surface area contributed by atoms with Gasteiger partial charge in [-0.15, -0.1) is 11.3 Å². The van der Waals surface area contributed by atoms with Crippen LogP contribution in [0.25, 0.3) is 10.9 Å². The number of aromatic nitrogens is 1. The topological polar surface area (TPSA) is 122 Å². The number of rotatable bonds is 11. The Labute approximate surface area is 236 Å². The molecule has 1 aliphatic carbocycles. The molecule has 40 heavy (non-hydrogen) atoms. The highest BCUT2D eigenvalue weighted by molar-refractivity contribution is 7.12. The Morgan fingerprint density at radius 1 is 1.07 bits per heavy atom. The molecule has 0 spiro atoms. The molecular weight excluding hydrogens is 530 g/mol. The van der Waals surface area contributed by atoms with Crippen molar-refractivity contribution in [3.8, 4) is 23.0 Å². The van der Waals surface area contributed by atoms with Crippen molar-refractivity contribution in [3.63, 3.8) is 0 Å². The van der Waals surface area contributed by atoms with Crippen LogP contribution in [0, 0.1) is 0 Å². The number of ether oxygens (including phenoxy) is 4. The van der Waals surface area contributed by atoms with Crippen LogP contribution in [0.3, 0.4) is 0 Å². The van der Waals surface area contributed by atoms with E-state index in [-0.39, 0.29) is 24.6 Å². The fourth-order valence-corrected chi connectivity index (χ4v) is 5.11. The van der Waals surface area contributed by atoms with Crippen LogP contribution >= 0.6 is 11.3 Å². The monoisotopic (exact) mass is 561 g/mol. The standard InChI is InChI=1S/C30H31N3O6S/c1-36-26-17-22-24(18-27(26)37-15-13-23(31)30(35)39-20-5-2-3-6-20)32-14-12-25(22)38-21-10-8-19(9-11-21)33-29(34)28-7-4-16-40-28/h4,7-12,14,16-18,20,23H,2-3,5-6,13,15,31H2,1H3,(H,33,34). The van der Waals surface area contributed by atoms with Crippen molar-refractivity contribution in [1.29, 1.82) is 0 Å². The fraction of sp³-hybridized carbons (Fsp3) is 0.300. The molecule has 1 atom stereocenters. The summed E-state index contributed by atoms with van der Waals surface area (Å²) < 4.78 is 23.1. The van der Waals surface area contributed by atoms with Gasteiger partial charge in [-0.3, -0.25) is 14.6 Å². The Hall–Kier alpha value is -4.15. The summed E-state index contributed by atoms with van der Waals surface area (Å²) in [4.78, 5) is 29.7. The fourth-order valence-electron chi connectivity index (χ4n) is 4.50. The number of amides is 1. The van der Waals surface area contributed by atoms with Crippen LogP contribution in [-0.4, -0.2) is 42.7 Å². The zero-order valence-corrected chi connectivity index (χ0v) is 22.9. The molecule has 2 aromatic carbocycles. The second-order valence-corrected chi connectivity index (χ2v) is 10.4. The Bertz CT molecular complexity index is 1450. The summed E-state index contributed by atoms with van der Waals surface area (Å²) in [5.74, 6) is 1.63. The molecule has 0 radical (unpaired) electrons. The average Bonchev–Trinajstić information content (AvgIpc) is 3.69. The van der Waals surface area contributed by atoms with E-state index in [0.717, 1.165) is 31.1 Å². The van der Waals surface area contributed by atoms with E-state index in [0.29, 0.717) is 45.5 Å². The van der Waals surface area contributed by atoms with E-state index in [9.17, 15) is 9.59 Å². The van der Waals surface area contributed by atoms with Gasteiger partial charge in [0.25, 0.3) is 5.91 Å². The molecule has 5 rings (SSSR count). The number of methoxy groups -OCH3 is 1. The Balaban J connectivity index is 1.22. The largest absolute Gasteiger partial charge is 0.493 e. The molecule has 1 saturated carbocycles. The molecular formula is C30H31N3O6S. The number of nitrogens with two attached hydrogens (primary N) is 1. The number of pyridine rings is 1. The number of nitrogens with zero attached hydrogens (tertiary/aromatic N) is 1. The minimum absolute atomic E-state index is 0.0160. The van der Waals surface area contributed by atoms with E-state index in [4.69, 9.17) is 24.7 Å². The second kappa shape index (κ2) is 12.8. The quantitative estimate of drug-likeness (QED) is 0.216. The highest BCUT2D eigenvalue weighted by atomic mass is 32.1. The van der Waals surface area contributed by atoms with Crippen molar-refractivity contribution in [2.45, 2.75) is 44.2 Å². The molecule has 1 fully saturated rings. The maximum Gasteiger partial charge on any atom is 0.323 e. The lowest BCUT2D eigenvalue weighted by atomic mass is 10.1. The molecule has 4 aromatic rings. The second-order valence-electron chi connectivity index (χ2n) is 9.47. The predicted molar refractivity (Wildman–Crippen MR) is 154 cm³/mol. The molecule has 1 aliphatic rings. The van der Waals surface area contributed by atoms with Crippen LogP contribution in [0.5, 0.6) is 23.0 Å². The van der Waals surface area contributed by atoms with Crippen LogP contribution in [0.4, 0.5) is 5.69 Å². The number of hydrogen-bond acceptors (Lipinski definition) is 9. The first-order chi connectivity index (χ1) is 19.5. The van der Waals surface area contributed by atoms with Crippen LogP contribution in [0.2, 0.25) is 0 Å². The van der Waals surface area contributed by atoms with Crippen molar-refractivity contribution in [2.75, 3.05) is 19.0 Å². The number of thiophene rings is 1. The van der Waals surface area contributed by atoms with Crippen molar-refractivity contribution in [3.05, 3.63) is 71.1 Å². The van der Waals surface area contributed by atoms with E-state index in [1.165, 1.54) is 11.3 Å². The number of anilines is 1. The van der Waals surface area contributed by atoms with Crippen molar-refractivity contribution in [1.82, 2.24) is 4.98 Å². The molecule has 2 aromatic heterocycles. The van der Waals surface area contributed by atoms with Gasteiger partial charge in [0.2, 0.25) is 0 Å². The molecule has 0 bridgehead atoms. The Morgan fingerprint density at radius 3 is 2.60 bits per heavy atom. The van der Waals surface area contributed by atoms with Gasteiger partial charge in [-0.05, 0) is 73.5 Å². The summed E-state index contributed by atoms with van der Waals surface area (Å²) in [6.07, 6.45) is 5.93. The van der Waals surface area contributed by atoms with Crippen molar-refractivity contribution in [2.24, 2.45) is 5.73 Å². The predicted octanol–water partition coefficient (Wildman–Crippen LogP) is 5.93. The molecule has 1 unspecified atom stereocenters. The smallest absolute Gasteiger partial charge is 0.323 e. The van der Waals surface area contributed by atoms with Gasteiger partial charge in [-0.1, -0.05) is 6.07 Å². The Kier molecular flexibility index (Phi) is 8.78. The SMILES string of the molecule is COc1cc2c(Oc3ccc(NC(=O)c4cccs4)cc3)ccnc2cc1OCCC(N)C(=O)OC1CCCC1. The lowest BCUT2D eigenvalue weighted by molar-refractivity contribution is -0.150. The van der Waals surface area contributed by atoms with Crippen LogP contribution < -0.4 is 25.3 Å². The van der Waals surface area contributed by atoms with E-state index in [1.807, 2.05) is 11.4 Å². The highest BCUT2D eigenvalue weighted by Gasteiger charge is 2.23. The molecule has 0 aliphatic heterocycles. The third kappa shape index (κ3) is 6.70. The summed E-state index contributed by atoms with van der Waals surface area (Å²) in [6.45, 7) is 0.217. The summed E-state index contributed by atoms with van der Waals surface area (Å²) in [5.41, 5.74) is 7.35. The number of hydrogen-bond donors (Lipinski definition) is 2. The Morgan fingerprint density at radius 2 is 1.88 bits per heavy atom. The minimum Gasteiger partial charge on any atom is -0.493 e. The van der Waals surface area contributed by atoms with Crippen LogP contribution in [0.15, 0.2) is 66.2 Å². The number of carbonyl (C=O) groups excluding carboxylic acids is 2. The van der Waals surface area contributed by atoms with Gasteiger partial charge in [-0.2, -0.15) is 0 Å². The van der Waals surface area contributed by atoms with Crippen LogP contribution in [0.1, 0.15) is 41.8 Å². The van der Waals surface area contributed by atoms with Crippen molar-refractivity contribution < 1.29 is 28.5 Å². The molecule has 9 nitrogen and oxygen atoms in total. The van der Waals surface area contributed by atoms with Gasteiger partial charge in [0.1, 0.15) is 23.6 Å². The summed E-state index contributed by atoms with van der Waals surface area (Å²) >= 11 is 1.39. The van der Waals surface area contributed by atoms with E-state index < -0.39 is 6.04 Å². The number of carbonyl (C=O) groups is 2. The number of nitrogens with one attached hydrogen (secondary N) is 1. The average molecular weight is 562 g/mol. The number of benzene rings is 2. The maximum atomic E-state index is 12.3. The van der Waals surface area contributed by atoms with Gasteiger partial charge in [0.05, 0.1) is 24.1 Å². The minimum atomic E-state index is -0.749. The molecule has 1 amide bonds. The number of fused-ring (bicyclic) bond motifs is 1. The third-order valence-corrected chi connectivity index (χ3v) is 7.51. The zero-order chi connectivity index (χ0) is 27.9. The molecule has 3 N–H and O–H groups in total. The first-order valence-electron chi connectivity index (χ1n) is 13.2. The molecule has 208 valence electrons. The van der Waals surface area contributed by atoms with Gasteiger partial charge in [0.15, 0.2) is 11.5 Å². The molecule has 2 heterocycles. The highest BCUT2D eigenvalue weighted by Crippen LogP contribution is 2.37. The van der Waals surface area contributed by atoms with Crippen LogP contribution in [-0.2, 0) is 9.53 Å². The summed E-state index contributed by atoms with van der Waals surface area (Å²) in [5, 5.41) is 5.47. The first kappa shape index (κ1) is 27.4. The molecule has 0 saturated heterocycles. The summed E-state index contributed by atoms with van der Waals surface area (Å²) in [6, 6.07) is 15.3. The molecule has 10 heteroatoms.